The van der Waals surface area contributed by atoms with E-state index in [0.717, 1.165) is 23.0 Å². The predicted molar refractivity (Wildman–Crippen MR) is 73.9 cm³/mol. The molecule has 1 aromatic carbocycles. The summed E-state index contributed by atoms with van der Waals surface area (Å²) in [6, 6.07) is 3.97. The highest BCUT2D eigenvalue weighted by Gasteiger charge is 2.13. The maximum Gasteiger partial charge on any atom is 0.226 e. The molecule has 102 valence electrons. The Hall–Kier alpha value is -1.88. The fourth-order valence-corrected chi connectivity index (χ4v) is 1.92. The molecular formula is C14H19N3O2. The summed E-state index contributed by atoms with van der Waals surface area (Å²) in [4.78, 5) is 11.7. The Labute approximate surface area is 112 Å². The van der Waals surface area contributed by atoms with Crippen LogP contribution in [0, 0.1) is 13.8 Å². The van der Waals surface area contributed by atoms with Crippen molar-refractivity contribution in [2.24, 2.45) is 5.73 Å². The van der Waals surface area contributed by atoms with Crippen LogP contribution in [-0.4, -0.2) is 24.2 Å². The SMILES string of the molecule is Cc1cc2onc(CC(=O)NCCCN)c2cc1C. The lowest BCUT2D eigenvalue weighted by Gasteiger charge is -2.02. The number of carbonyl (C=O) groups excluding carboxylic acids is 1. The van der Waals surface area contributed by atoms with Crippen molar-refractivity contribution in [3.63, 3.8) is 0 Å². The van der Waals surface area contributed by atoms with Gasteiger partial charge in [0.2, 0.25) is 5.91 Å². The van der Waals surface area contributed by atoms with Crippen LogP contribution in [0.15, 0.2) is 16.7 Å². The maximum atomic E-state index is 11.7. The first-order valence-electron chi connectivity index (χ1n) is 6.44. The van der Waals surface area contributed by atoms with Crippen molar-refractivity contribution in [3.8, 4) is 0 Å². The highest BCUT2D eigenvalue weighted by molar-refractivity contribution is 5.87. The zero-order chi connectivity index (χ0) is 13.8. The van der Waals surface area contributed by atoms with Gasteiger partial charge in [-0.2, -0.15) is 0 Å². The van der Waals surface area contributed by atoms with Crippen LogP contribution >= 0.6 is 0 Å². The molecular weight excluding hydrogens is 242 g/mol. The highest BCUT2D eigenvalue weighted by atomic mass is 16.5. The molecule has 0 aliphatic carbocycles. The fraction of sp³-hybridized carbons (Fsp3) is 0.429. The zero-order valence-corrected chi connectivity index (χ0v) is 11.3. The van der Waals surface area contributed by atoms with Crippen LogP contribution in [0.25, 0.3) is 11.0 Å². The van der Waals surface area contributed by atoms with Crippen LogP contribution in [-0.2, 0) is 11.2 Å². The van der Waals surface area contributed by atoms with Crippen molar-refractivity contribution in [1.29, 1.82) is 0 Å². The summed E-state index contributed by atoms with van der Waals surface area (Å²) in [5.74, 6) is -0.0538. The molecule has 0 aliphatic rings. The van der Waals surface area contributed by atoms with Crippen LogP contribution < -0.4 is 11.1 Å². The molecule has 1 amide bonds. The molecule has 0 unspecified atom stereocenters. The standard InChI is InChI=1S/C14H19N3O2/c1-9-6-11-12(8-14(18)16-5-3-4-15)17-19-13(11)7-10(9)2/h6-7H,3-5,8,15H2,1-2H3,(H,16,18). The number of amides is 1. The van der Waals surface area contributed by atoms with Gasteiger partial charge in [-0.05, 0) is 50.1 Å². The molecule has 5 heteroatoms. The molecule has 5 nitrogen and oxygen atoms in total. The van der Waals surface area contributed by atoms with E-state index in [4.69, 9.17) is 10.3 Å². The Morgan fingerprint density at radius 3 is 2.84 bits per heavy atom. The number of nitrogens with one attached hydrogen (secondary N) is 1. The summed E-state index contributed by atoms with van der Waals surface area (Å²) in [5, 5.41) is 7.71. The fourth-order valence-electron chi connectivity index (χ4n) is 1.92. The van der Waals surface area contributed by atoms with Gasteiger partial charge in [-0.1, -0.05) is 5.16 Å². The number of rotatable bonds is 5. The summed E-state index contributed by atoms with van der Waals surface area (Å²) in [7, 11) is 0. The Balaban J connectivity index is 2.13. The van der Waals surface area contributed by atoms with Crippen molar-refractivity contribution < 1.29 is 9.32 Å². The normalized spacial score (nSPS) is 10.9. The molecule has 0 bridgehead atoms. The molecule has 1 heterocycles. The van der Waals surface area contributed by atoms with E-state index in [-0.39, 0.29) is 12.3 Å². The van der Waals surface area contributed by atoms with Crippen LogP contribution in [0.2, 0.25) is 0 Å². The van der Waals surface area contributed by atoms with E-state index in [0.29, 0.717) is 18.8 Å². The Morgan fingerprint density at radius 2 is 2.11 bits per heavy atom. The Kier molecular flexibility index (Phi) is 4.16. The van der Waals surface area contributed by atoms with Crippen molar-refractivity contribution in [2.75, 3.05) is 13.1 Å². The smallest absolute Gasteiger partial charge is 0.226 e. The number of nitrogens with zero attached hydrogens (tertiary/aromatic N) is 1. The third-order valence-electron chi connectivity index (χ3n) is 3.19. The second-order valence-electron chi connectivity index (χ2n) is 4.73. The van der Waals surface area contributed by atoms with Crippen molar-refractivity contribution in [2.45, 2.75) is 26.7 Å². The number of hydrogen-bond donors (Lipinski definition) is 2. The molecule has 0 fully saturated rings. The molecule has 0 aliphatic heterocycles. The Bertz CT molecular complexity index is 590. The molecule has 2 rings (SSSR count). The molecule has 0 saturated carbocycles. The molecule has 2 aromatic rings. The van der Waals surface area contributed by atoms with Gasteiger partial charge in [0.1, 0.15) is 5.69 Å². The van der Waals surface area contributed by atoms with Gasteiger partial charge < -0.3 is 15.6 Å². The lowest BCUT2D eigenvalue weighted by atomic mass is 10.1. The van der Waals surface area contributed by atoms with Gasteiger partial charge in [-0.3, -0.25) is 4.79 Å². The number of carbonyl (C=O) groups is 1. The minimum atomic E-state index is -0.0538. The molecule has 0 spiro atoms. The summed E-state index contributed by atoms with van der Waals surface area (Å²) < 4.78 is 5.26. The van der Waals surface area contributed by atoms with E-state index in [1.807, 2.05) is 26.0 Å². The van der Waals surface area contributed by atoms with Gasteiger partial charge in [0.05, 0.1) is 6.42 Å². The van der Waals surface area contributed by atoms with E-state index >= 15 is 0 Å². The average Bonchev–Trinajstić information content (AvgIpc) is 2.73. The first kappa shape index (κ1) is 13.5. The topological polar surface area (TPSA) is 81.2 Å². The first-order valence-corrected chi connectivity index (χ1v) is 6.44. The lowest BCUT2D eigenvalue weighted by molar-refractivity contribution is -0.120. The lowest BCUT2D eigenvalue weighted by Crippen LogP contribution is -2.27. The predicted octanol–water partition coefficient (Wildman–Crippen LogP) is 1.45. The van der Waals surface area contributed by atoms with E-state index in [1.165, 1.54) is 5.56 Å². The van der Waals surface area contributed by atoms with E-state index in [1.54, 1.807) is 0 Å². The van der Waals surface area contributed by atoms with Gasteiger partial charge in [0.15, 0.2) is 5.58 Å². The van der Waals surface area contributed by atoms with Crippen LogP contribution in [0.4, 0.5) is 0 Å². The van der Waals surface area contributed by atoms with Crippen molar-refractivity contribution in [1.82, 2.24) is 10.5 Å². The van der Waals surface area contributed by atoms with Crippen LogP contribution in [0.3, 0.4) is 0 Å². The maximum absolute atomic E-state index is 11.7. The van der Waals surface area contributed by atoms with Gasteiger partial charge in [-0.15, -0.1) is 0 Å². The summed E-state index contributed by atoms with van der Waals surface area (Å²) in [6.07, 6.45) is 1.02. The number of aromatic nitrogens is 1. The number of fused-ring (bicyclic) bond motifs is 1. The molecule has 1 aromatic heterocycles. The second kappa shape index (κ2) is 5.84. The summed E-state index contributed by atoms with van der Waals surface area (Å²) >= 11 is 0. The summed E-state index contributed by atoms with van der Waals surface area (Å²) in [5.41, 5.74) is 9.11. The average molecular weight is 261 g/mol. The first-order chi connectivity index (χ1) is 9.11. The minimum absolute atomic E-state index is 0.0538. The van der Waals surface area contributed by atoms with E-state index in [9.17, 15) is 4.79 Å². The zero-order valence-electron chi connectivity index (χ0n) is 11.3. The van der Waals surface area contributed by atoms with Crippen LogP contribution in [0.5, 0.6) is 0 Å². The number of aryl methyl sites for hydroxylation is 2. The quantitative estimate of drug-likeness (QED) is 0.798. The van der Waals surface area contributed by atoms with E-state index in [2.05, 4.69) is 10.5 Å². The number of hydrogen-bond acceptors (Lipinski definition) is 4. The summed E-state index contributed by atoms with van der Waals surface area (Å²) in [6.45, 7) is 5.23. The molecule has 0 radical (unpaired) electrons. The van der Waals surface area contributed by atoms with Gasteiger partial charge >= 0.3 is 0 Å². The largest absolute Gasteiger partial charge is 0.356 e. The van der Waals surface area contributed by atoms with E-state index < -0.39 is 0 Å². The molecule has 0 saturated heterocycles. The molecule has 0 atom stereocenters. The van der Waals surface area contributed by atoms with Crippen LogP contribution in [0.1, 0.15) is 23.2 Å². The monoisotopic (exact) mass is 261 g/mol. The molecule has 19 heavy (non-hydrogen) atoms. The van der Waals surface area contributed by atoms with Gasteiger partial charge in [0, 0.05) is 11.9 Å². The number of benzene rings is 1. The molecule has 3 N–H and O–H groups in total. The van der Waals surface area contributed by atoms with Crippen molar-refractivity contribution >= 4 is 16.9 Å². The van der Waals surface area contributed by atoms with Gasteiger partial charge in [-0.25, -0.2) is 0 Å². The van der Waals surface area contributed by atoms with Crippen molar-refractivity contribution in [3.05, 3.63) is 29.0 Å². The van der Waals surface area contributed by atoms with Gasteiger partial charge in [0.25, 0.3) is 0 Å². The third kappa shape index (κ3) is 3.12. The Morgan fingerprint density at radius 1 is 1.37 bits per heavy atom. The minimum Gasteiger partial charge on any atom is -0.356 e. The third-order valence-corrected chi connectivity index (χ3v) is 3.19. The highest BCUT2D eigenvalue weighted by Crippen LogP contribution is 2.22. The number of nitrogens with two attached hydrogens (primary N) is 1. The second-order valence-corrected chi connectivity index (χ2v) is 4.73.